The number of nitrogens with one attached hydrogen (secondary N) is 2. The summed E-state index contributed by atoms with van der Waals surface area (Å²) in [6, 6.07) is 9.34. The van der Waals surface area contributed by atoms with Gasteiger partial charge in [0, 0.05) is 23.6 Å². The van der Waals surface area contributed by atoms with Gasteiger partial charge in [0.15, 0.2) is 16.6 Å². The molecule has 32 heavy (non-hydrogen) atoms. The lowest BCUT2D eigenvalue weighted by Gasteiger charge is -2.25. The molecule has 3 heterocycles. The number of nitrogens with zero attached hydrogens (tertiary/aromatic N) is 2. The van der Waals surface area contributed by atoms with Gasteiger partial charge in [0.05, 0.1) is 24.9 Å². The Morgan fingerprint density at radius 3 is 2.66 bits per heavy atom. The minimum absolute atomic E-state index is 0.158. The summed E-state index contributed by atoms with van der Waals surface area (Å²) in [6.07, 6.45) is 2.60. The third kappa shape index (κ3) is 5.41. The highest BCUT2D eigenvalue weighted by Gasteiger charge is 2.17. The van der Waals surface area contributed by atoms with Crippen molar-refractivity contribution >= 4 is 28.2 Å². The molecular formula is C23H28N4O4S. The zero-order valence-electron chi connectivity index (χ0n) is 18.3. The van der Waals surface area contributed by atoms with Gasteiger partial charge in [0.25, 0.3) is 5.56 Å². The van der Waals surface area contributed by atoms with Crippen molar-refractivity contribution in [3.05, 3.63) is 58.3 Å². The molecule has 0 aliphatic carbocycles. The summed E-state index contributed by atoms with van der Waals surface area (Å²) in [6.45, 7) is 3.55. The summed E-state index contributed by atoms with van der Waals surface area (Å²) in [5, 5.41) is 4.77. The summed E-state index contributed by atoms with van der Waals surface area (Å²) in [4.78, 5) is 19.9. The molecule has 0 saturated carbocycles. The molecule has 0 spiro atoms. The molecule has 8 nitrogen and oxygen atoms in total. The van der Waals surface area contributed by atoms with Crippen LogP contribution in [0, 0.1) is 0 Å². The predicted molar refractivity (Wildman–Crippen MR) is 127 cm³/mol. The van der Waals surface area contributed by atoms with Crippen molar-refractivity contribution in [3.63, 3.8) is 0 Å². The minimum atomic E-state index is -0.158. The maximum Gasteiger partial charge on any atom is 0.253 e. The number of pyridine rings is 1. The zero-order chi connectivity index (χ0) is 22.5. The molecule has 1 aliphatic rings. The first-order chi connectivity index (χ1) is 15.5. The smallest absolute Gasteiger partial charge is 0.253 e. The van der Waals surface area contributed by atoms with E-state index in [1.807, 2.05) is 49.3 Å². The molecule has 4 rings (SSSR count). The fraction of sp³-hybridized carbons (Fsp3) is 0.391. The molecule has 1 aromatic carbocycles. The highest BCUT2D eigenvalue weighted by molar-refractivity contribution is 7.80. The van der Waals surface area contributed by atoms with Crippen LogP contribution in [0.2, 0.25) is 0 Å². The van der Waals surface area contributed by atoms with Crippen molar-refractivity contribution in [1.82, 2.24) is 20.1 Å². The van der Waals surface area contributed by atoms with E-state index in [0.717, 1.165) is 30.7 Å². The first kappa shape index (κ1) is 22.2. The van der Waals surface area contributed by atoms with Crippen LogP contribution in [0.15, 0.2) is 45.8 Å². The fourth-order valence-corrected chi connectivity index (χ4v) is 3.83. The highest BCUT2D eigenvalue weighted by Crippen LogP contribution is 2.33. The summed E-state index contributed by atoms with van der Waals surface area (Å²) in [5.41, 5.74) is 1.16. The molecule has 3 aromatic rings. The van der Waals surface area contributed by atoms with Gasteiger partial charge in [-0.25, -0.2) is 0 Å². The van der Waals surface area contributed by atoms with Crippen molar-refractivity contribution in [3.8, 4) is 11.5 Å². The second-order valence-corrected chi connectivity index (χ2v) is 8.42. The Labute approximate surface area is 192 Å². The molecule has 2 aromatic heterocycles. The summed E-state index contributed by atoms with van der Waals surface area (Å²) >= 11 is 5.66. The molecule has 0 unspecified atom stereocenters. The SMILES string of the molecule is CN(C)CCCNC(=S)N(Cc1ccco1)Cc1cc2cc3c(cc2[nH]c1=O)OCCO3. The number of aromatic nitrogens is 1. The van der Waals surface area contributed by atoms with Gasteiger partial charge in [-0.1, -0.05) is 0 Å². The zero-order valence-corrected chi connectivity index (χ0v) is 19.2. The Bertz CT molecular complexity index is 1130. The van der Waals surface area contributed by atoms with Gasteiger partial charge < -0.3 is 34.0 Å². The van der Waals surface area contributed by atoms with Gasteiger partial charge in [-0.2, -0.15) is 0 Å². The van der Waals surface area contributed by atoms with E-state index in [1.54, 1.807) is 6.26 Å². The van der Waals surface area contributed by atoms with Gasteiger partial charge >= 0.3 is 0 Å². The summed E-state index contributed by atoms with van der Waals surface area (Å²) in [7, 11) is 4.09. The van der Waals surface area contributed by atoms with Crippen LogP contribution >= 0.6 is 12.2 Å². The van der Waals surface area contributed by atoms with Crippen LogP contribution < -0.4 is 20.3 Å². The van der Waals surface area contributed by atoms with Crippen LogP contribution in [0.4, 0.5) is 0 Å². The lowest BCUT2D eigenvalue weighted by Crippen LogP contribution is -2.40. The van der Waals surface area contributed by atoms with Crippen LogP contribution in [-0.2, 0) is 13.1 Å². The van der Waals surface area contributed by atoms with E-state index in [0.29, 0.717) is 54.0 Å². The van der Waals surface area contributed by atoms with Crippen molar-refractivity contribution in [2.45, 2.75) is 19.5 Å². The Morgan fingerprint density at radius 2 is 1.94 bits per heavy atom. The molecule has 0 atom stereocenters. The third-order valence-corrected chi connectivity index (χ3v) is 5.62. The molecule has 0 radical (unpaired) electrons. The number of benzene rings is 1. The van der Waals surface area contributed by atoms with E-state index >= 15 is 0 Å². The molecule has 170 valence electrons. The van der Waals surface area contributed by atoms with Crippen LogP contribution in [-0.4, -0.2) is 60.3 Å². The molecular weight excluding hydrogens is 428 g/mol. The molecule has 1 aliphatic heterocycles. The molecule has 0 bridgehead atoms. The van der Waals surface area contributed by atoms with Gasteiger partial charge in [0.2, 0.25) is 0 Å². The number of H-pyrrole nitrogens is 1. The number of hydrogen-bond acceptors (Lipinski definition) is 6. The van der Waals surface area contributed by atoms with Crippen molar-refractivity contribution in [2.24, 2.45) is 0 Å². The van der Waals surface area contributed by atoms with Crippen molar-refractivity contribution in [2.75, 3.05) is 40.4 Å². The maximum atomic E-state index is 12.9. The predicted octanol–water partition coefficient (Wildman–Crippen LogP) is 2.72. The topological polar surface area (TPSA) is 83.0 Å². The largest absolute Gasteiger partial charge is 0.486 e. The lowest BCUT2D eigenvalue weighted by molar-refractivity contribution is 0.172. The number of furan rings is 1. The van der Waals surface area contributed by atoms with Gasteiger partial charge in [-0.15, -0.1) is 0 Å². The van der Waals surface area contributed by atoms with Gasteiger partial charge in [-0.3, -0.25) is 4.79 Å². The average molecular weight is 457 g/mol. The third-order valence-electron chi connectivity index (χ3n) is 5.22. The van der Waals surface area contributed by atoms with E-state index in [2.05, 4.69) is 15.2 Å². The van der Waals surface area contributed by atoms with E-state index in [4.69, 9.17) is 26.1 Å². The average Bonchev–Trinajstić information content (AvgIpc) is 3.28. The Morgan fingerprint density at radius 1 is 1.16 bits per heavy atom. The molecule has 2 N–H and O–H groups in total. The molecule has 0 saturated heterocycles. The number of ether oxygens (including phenoxy) is 2. The molecule has 0 amide bonds. The maximum absolute atomic E-state index is 12.9. The first-order valence-electron chi connectivity index (χ1n) is 10.6. The second kappa shape index (κ2) is 10.1. The van der Waals surface area contributed by atoms with E-state index < -0.39 is 0 Å². The second-order valence-electron chi connectivity index (χ2n) is 8.03. The molecule has 9 heteroatoms. The fourth-order valence-electron chi connectivity index (χ4n) is 3.60. The van der Waals surface area contributed by atoms with Gasteiger partial charge in [-0.05, 0) is 63.5 Å². The van der Waals surface area contributed by atoms with E-state index in [1.165, 1.54) is 0 Å². The van der Waals surface area contributed by atoms with Crippen LogP contribution in [0.3, 0.4) is 0 Å². The quantitative estimate of drug-likeness (QED) is 0.396. The van der Waals surface area contributed by atoms with E-state index in [-0.39, 0.29) is 5.56 Å². The number of hydrogen-bond donors (Lipinski definition) is 2. The number of rotatable bonds is 8. The van der Waals surface area contributed by atoms with Crippen LogP contribution in [0.1, 0.15) is 17.7 Å². The Balaban J connectivity index is 1.55. The normalized spacial score (nSPS) is 12.8. The van der Waals surface area contributed by atoms with Crippen LogP contribution in [0.25, 0.3) is 10.9 Å². The minimum Gasteiger partial charge on any atom is -0.486 e. The standard InChI is InChI=1S/C23H28N4O4S/c1-26(2)7-4-6-24-23(32)27(15-18-5-3-8-29-18)14-17-11-16-12-20-21(31-10-9-30-20)13-19(16)25-22(17)28/h3,5,8,11-13H,4,6-7,9-10,14-15H2,1-2H3,(H,24,32)(H,25,28). The number of fused-ring (bicyclic) bond motifs is 2. The Kier molecular flexibility index (Phi) is 6.96. The Hall–Kier alpha value is -3.04. The highest BCUT2D eigenvalue weighted by atomic mass is 32.1. The van der Waals surface area contributed by atoms with Crippen molar-refractivity contribution in [1.29, 1.82) is 0 Å². The first-order valence-corrected chi connectivity index (χ1v) is 11.1. The number of aromatic amines is 1. The lowest BCUT2D eigenvalue weighted by atomic mass is 10.1. The number of thiocarbonyl (C=S) groups is 1. The van der Waals surface area contributed by atoms with Gasteiger partial charge in [0.1, 0.15) is 19.0 Å². The summed E-state index contributed by atoms with van der Waals surface area (Å²) < 4.78 is 16.8. The van der Waals surface area contributed by atoms with Crippen molar-refractivity contribution < 1.29 is 13.9 Å². The van der Waals surface area contributed by atoms with Crippen LogP contribution in [0.5, 0.6) is 11.5 Å². The van der Waals surface area contributed by atoms with E-state index in [9.17, 15) is 4.79 Å². The monoisotopic (exact) mass is 456 g/mol. The molecule has 0 fully saturated rings. The summed E-state index contributed by atoms with van der Waals surface area (Å²) in [5.74, 6) is 2.11.